The van der Waals surface area contributed by atoms with Gasteiger partial charge in [0, 0.05) is 12.1 Å². The number of amides is 3. The fraction of sp³-hybridized carbons (Fsp3) is 0.320. The van der Waals surface area contributed by atoms with Crippen LogP contribution < -0.4 is 33.6 Å². The van der Waals surface area contributed by atoms with Gasteiger partial charge in [-0.25, -0.2) is 0 Å². The summed E-state index contributed by atoms with van der Waals surface area (Å²) in [7, 11) is 0. The van der Waals surface area contributed by atoms with Crippen molar-refractivity contribution in [2.75, 3.05) is 13.2 Å². The summed E-state index contributed by atoms with van der Waals surface area (Å²) in [6.45, 7) is -0.444. The first-order valence-corrected chi connectivity index (χ1v) is 11.7. The Morgan fingerprint density at radius 2 is 1.51 bits per heavy atom. The van der Waals surface area contributed by atoms with Crippen molar-refractivity contribution in [3.05, 3.63) is 71.3 Å². The number of carbonyl (C=O) groups excluding carboxylic acids is 3. The molecule has 0 radical (unpaired) electrons. The van der Waals surface area contributed by atoms with Gasteiger partial charge in [-0.2, -0.15) is 0 Å². The number of hydrogen-bond acceptors (Lipinski definition) is 6. The largest absolute Gasteiger partial charge is 0.394 e. The smallest absolute Gasteiger partial charge is 0.245 e. The average Bonchev–Trinajstić information content (AvgIpc) is 2.87. The van der Waals surface area contributed by atoms with Gasteiger partial charge in [0.25, 0.3) is 0 Å². The van der Waals surface area contributed by atoms with Crippen LogP contribution in [0.15, 0.2) is 59.6 Å². The van der Waals surface area contributed by atoms with Crippen molar-refractivity contribution in [2.45, 2.75) is 37.3 Å². The second kappa shape index (κ2) is 14.2. The van der Waals surface area contributed by atoms with Crippen molar-refractivity contribution in [1.29, 1.82) is 5.41 Å². The third kappa shape index (κ3) is 9.26. The van der Waals surface area contributed by atoms with Crippen LogP contribution in [-0.4, -0.2) is 59.9 Å². The van der Waals surface area contributed by atoms with Crippen molar-refractivity contribution in [3.63, 3.8) is 0 Å². The van der Waals surface area contributed by atoms with Gasteiger partial charge in [0.05, 0.1) is 12.5 Å². The number of guanidine groups is 1. The molecular weight excluding hydrogens is 476 g/mol. The number of aliphatic imine (C=N–C) groups is 1. The molecule has 0 aliphatic rings. The highest BCUT2D eigenvalue weighted by Crippen LogP contribution is 2.22. The van der Waals surface area contributed by atoms with Crippen molar-refractivity contribution in [1.82, 2.24) is 10.6 Å². The van der Waals surface area contributed by atoms with Gasteiger partial charge in [0.15, 0.2) is 5.96 Å². The minimum absolute atomic E-state index is 0.0637. The Morgan fingerprint density at radius 1 is 0.892 bits per heavy atom. The molecule has 3 amide bonds. The van der Waals surface area contributed by atoms with E-state index in [-0.39, 0.29) is 24.8 Å². The molecule has 198 valence electrons. The second-order valence-corrected chi connectivity index (χ2v) is 8.43. The predicted octanol–water partition coefficient (Wildman–Crippen LogP) is -1.20. The number of aliphatic hydroxyl groups is 1. The Morgan fingerprint density at radius 3 is 2.05 bits per heavy atom. The van der Waals surface area contributed by atoms with Gasteiger partial charge in [-0.3, -0.25) is 24.8 Å². The molecule has 0 aromatic heterocycles. The Balaban J connectivity index is 2.13. The lowest BCUT2D eigenvalue weighted by atomic mass is 9.90. The molecule has 0 heterocycles. The van der Waals surface area contributed by atoms with Crippen LogP contribution in [0.1, 0.15) is 35.4 Å². The van der Waals surface area contributed by atoms with E-state index in [1.807, 2.05) is 6.07 Å². The zero-order valence-corrected chi connectivity index (χ0v) is 20.4. The average molecular weight is 511 g/mol. The van der Waals surface area contributed by atoms with Crippen LogP contribution in [0.5, 0.6) is 0 Å². The molecule has 37 heavy (non-hydrogen) atoms. The minimum atomic E-state index is -1.31. The van der Waals surface area contributed by atoms with Crippen LogP contribution in [0.25, 0.3) is 0 Å². The van der Waals surface area contributed by atoms with Crippen LogP contribution in [0, 0.1) is 5.41 Å². The van der Waals surface area contributed by atoms with Gasteiger partial charge >= 0.3 is 0 Å². The summed E-state index contributed by atoms with van der Waals surface area (Å²) in [5.74, 6) is -2.84. The molecule has 1 unspecified atom stereocenters. The topological polar surface area (TPSA) is 236 Å². The normalized spacial score (nSPS) is 13.0. The summed E-state index contributed by atoms with van der Waals surface area (Å²) in [4.78, 5) is 41.7. The Labute approximate surface area is 215 Å². The summed E-state index contributed by atoms with van der Waals surface area (Å²) in [6, 6.07) is 13.6. The van der Waals surface area contributed by atoms with Crippen LogP contribution in [0.4, 0.5) is 0 Å². The molecule has 0 bridgehead atoms. The molecule has 0 saturated carbocycles. The van der Waals surface area contributed by atoms with E-state index in [1.165, 1.54) is 0 Å². The number of nitrogens with one attached hydrogen (secondary N) is 3. The van der Waals surface area contributed by atoms with Crippen LogP contribution in [0.2, 0.25) is 0 Å². The lowest BCUT2D eigenvalue weighted by molar-refractivity contribution is -0.132. The first-order valence-electron chi connectivity index (χ1n) is 11.7. The van der Waals surface area contributed by atoms with Gasteiger partial charge in [-0.05, 0) is 30.4 Å². The van der Waals surface area contributed by atoms with E-state index in [0.29, 0.717) is 24.0 Å². The molecule has 12 nitrogen and oxygen atoms in total. The Hall–Kier alpha value is -4.45. The molecule has 0 aliphatic carbocycles. The number of primary amides is 1. The van der Waals surface area contributed by atoms with Gasteiger partial charge in [0.1, 0.15) is 17.9 Å². The number of benzene rings is 2. The van der Waals surface area contributed by atoms with E-state index in [4.69, 9.17) is 28.3 Å². The molecule has 0 aliphatic heterocycles. The van der Waals surface area contributed by atoms with E-state index in [0.717, 1.165) is 5.56 Å². The summed E-state index contributed by atoms with van der Waals surface area (Å²) in [5.41, 5.74) is 23.5. The quantitative estimate of drug-likeness (QED) is 0.0876. The SMILES string of the molecule is N=C(N)c1ccc(CC(C(=O)N[C@@H](CO)C(=O)N[C@@H](CCCN=C(N)N)C(N)=O)c2ccccc2)cc1. The number of nitrogens with two attached hydrogens (primary N) is 4. The fourth-order valence-corrected chi connectivity index (χ4v) is 3.63. The monoisotopic (exact) mass is 510 g/mol. The maximum Gasteiger partial charge on any atom is 0.245 e. The third-order valence-electron chi connectivity index (χ3n) is 5.64. The number of nitrogens with zero attached hydrogens (tertiary/aromatic N) is 1. The molecule has 0 fully saturated rings. The molecule has 12 heteroatoms. The van der Waals surface area contributed by atoms with Gasteiger partial charge in [-0.1, -0.05) is 54.6 Å². The molecule has 12 N–H and O–H groups in total. The summed E-state index contributed by atoms with van der Waals surface area (Å²) >= 11 is 0. The highest BCUT2D eigenvalue weighted by atomic mass is 16.3. The zero-order valence-electron chi connectivity index (χ0n) is 20.4. The fourth-order valence-electron chi connectivity index (χ4n) is 3.63. The first-order chi connectivity index (χ1) is 17.6. The Kier molecular flexibility index (Phi) is 11.0. The second-order valence-electron chi connectivity index (χ2n) is 8.43. The van der Waals surface area contributed by atoms with E-state index < -0.39 is 42.3 Å². The maximum absolute atomic E-state index is 13.3. The van der Waals surface area contributed by atoms with Crippen molar-refractivity contribution >= 4 is 29.5 Å². The van der Waals surface area contributed by atoms with Crippen molar-refractivity contribution in [2.24, 2.45) is 27.9 Å². The summed E-state index contributed by atoms with van der Waals surface area (Å²) < 4.78 is 0. The molecule has 2 aromatic rings. The zero-order chi connectivity index (χ0) is 27.4. The third-order valence-corrected chi connectivity index (χ3v) is 5.64. The molecular formula is C25H34N8O4. The lowest BCUT2D eigenvalue weighted by Crippen LogP contribution is -2.55. The summed E-state index contributed by atoms with van der Waals surface area (Å²) in [6.07, 6.45) is 0.843. The number of nitrogen functional groups attached to an aromatic ring is 1. The molecule has 0 saturated heterocycles. The van der Waals surface area contributed by atoms with E-state index in [1.54, 1.807) is 48.5 Å². The van der Waals surface area contributed by atoms with Gasteiger partial charge in [-0.15, -0.1) is 0 Å². The number of hydrogen-bond donors (Lipinski definition) is 8. The van der Waals surface area contributed by atoms with Crippen molar-refractivity contribution in [3.8, 4) is 0 Å². The van der Waals surface area contributed by atoms with Crippen LogP contribution in [0.3, 0.4) is 0 Å². The predicted molar refractivity (Wildman–Crippen MR) is 140 cm³/mol. The number of aliphatic hydroxyl groups excluding tert-OH is 1. The van der Waals surface area contributed by atoms with Crippen LogP contribution in [-0.2, 0) is 20.8 Å². The number of carbonyl (C=O) groups is 3. The molecule has 0 spiro atoms. The van der Waals surface area contributed by atoms with E-state index in [9.17, 15) is 19.5 Å². The maximum atomic E-state index is 13.3. The number of rotatable bonds is 14. The standard InChI is InChI=1S/C25H34N8O4/c26-21(27)17-10-8-15(9-11-17)13-18(16-5-2-1-3-6-16)23(36)33-20(14-34)24(37)32-19(22(28)35)7-4-12-31-25(29)30/h1-3,5-6,8-11,18-20,34H,4,7,12-14H2,(H3,26,27)(H2,28,35)(H,32,37)(H,33,36)(H4,29,30,31)/t18?,19-,20-/m0/s1. The molecule has 2 aromatic carbocycles. The molecule has 2 rings (SSSR count). The minimum Gasteiger partial charge on any atom is -0.394 e. The lowest BCUT2D eigenvalue weighted by Gasteiger charge is -2.23. The van der Waals surface area contributed by atoms with Gasteiger partial charge < -0.3 is 38.7 Å². The number of amidine groups is 1. The van der Waals surface area contributed by atoms with E-state index in [2.05, 4.69) is 15.6 Å². The highest BCUT2D eigenvalue weighted by Gasteiger charge is 2.28. The van der Waals surface area contributed by atoms with Crippen molar-refractivity contribution < 1.29 is 19.5 Å². The molecule has 3 atom stereocenters. The first kappa shape index (κ1) is 28.8. The Bertz CT molecular complexity index is 1100. The summed E-state index contributed by atoms with van der Waals surface area (Å²) in [5, 5.41) is 22.4. The van der Waals surface area contributed by atoms with Gasteiger partial charge in [0.2, 0.25) is 17.7 Å². The highest BCUT2D eigenvalue weighted by molar-refractivity contribution is 5.95. The van der Waals surface area contributed by atoms with Crippen LogP contribution >= 0.6 is 0 Å². The van der Waals surface area contributed by atoms with E-state index >= 15 is 0 Å².